The van der Waals surface area contributed by atoms with Crippen LogP contribution in [-0.4, -0.2) is 10.8 Å². The zero-order valence-corrected chi connectivity index (χ0v) is 7.14. The normalized spacial score (nSPS) is 11.5. The molecule has 1 heterocycles. The van der Waals surface area contributed by atoms with Crippen LogP contribution in [-0.2, 0) is 10.2 Å². The topological polar surface area (TPSA) is 32.9 Å². The first kappa shape index (κ1) is 8.05. The lowest BCUT2D eigenvalue weighted by Gasteiger charge is -2.19. The van der Waals surface area contributed by atoms with Crippen molar-refractivity contribution in [2.24, 2.45) is 0 Å². The lowest BCUT2D eigenvalue weighted by atomic mass is 9.83. The van der Waals surface area contributed by atoms with Crippen LogP contribution in [0.2, 0.25) is 0 Å². The molecule has 0 spiro atoms. The van der Waals surface area contributed by atoms with Gasteiger partial charge in [-0.1, -0.05) is 0 Å². The van der Waals surface area contributed by atoms with Gasteiger partial charge in [-0.2, -0.15) is 0 Å². The molecule has 0 saturated carbocycles. The van der Waals surface area contributed by atoms with Gasteiger partial charge in [-0.25, -0.2) is 0 Å². The van der Waals surface area contributed by atoms with Crippen LogP contribution < -0.4 is 0 Å². The van der Waals surface area contributed by atoms with E-state index < -0.39 is 0 Å². The summed E-state index contributed by atoms with van der Waals surface area (Å²) in [5.74, 6) is 0.192. The predicted octanol–water partition coefficient (Wildman–Crippen LogP) is 1.88. The number of carbonyl (C=O) groups excluding carboxylic acids is 1. The second-order valence-corrected chi connectivity index (χ2v) is 3.28. The van der Waals surface area contributed by atoms with Crippen LogP contribution in [0.1, 0.15) is 26.3 Å². The first-order valence-corrected chi connectivity index (χ1v) is 3.69. The summed E-state index contributed by atoms with van der Waals surface area (Å²) < 4.78 is 0. The Morgan fingerprint density at radius 3 is 2.55 bits per heavy atom. The number of carbonyl (C=O) groups is 1. The number of H-pyrrole nitrogens is 1. The van der Waals surface area contributed by atoms with Crippen molar-refractivity contribution < 1.29 is 4.79 Å². The second kappa shape index (κ2) is 2.53. The zero-order valence-electron chi connectivity index (χ0n) is 7.14. The highest BCUT2D eigenvalue weighted by atomic mass is 16.1. The third-order valence-corrected chi connectivity index (χ3v) is 2.20. The quantitative estimate of drug-likeness (QED) is 0.687. The third kappa shape index (κ3) is 1.34. The summed E-state index contributed by atoms with van der Waals surface area (Å²) in [6, 6.07) is 1.93. The van der Waals surface area contributed by atoms with Gasteiger partial charge in [0.25, 0.3) is 0 Å². The molecule has 0 fully saturated rings. The molecule has 11 heavy (non-hydrogen) atoms. The number of rotatable bonds is 2. The molecule has 0 unspecified atom stereocenters. The molecule has 1 aromatic heterocycles. The minimum absolute atomic E-state index is 0.192. The van der Waals surface area contributed by atoms with Gasteiger partial charge in [0.05, 0.1) is 0 Å². The Labute approximate surface area is 66.6 Å². The fourth-order valence-corrected chi connectivity index (χ4v) is 0.916. The van der Waals surface area contributed by atoms with E-state index in [1.165, 1.54) is 0 Å². The van der Waals surface area contributed by atoms with E-state index in [0.29, 0.717) is 0 Å². The van der Waals surface area contributed by atoms with Crippen molar-refractivity contribution in [1.82, 2.24) is 4.98 Å². The van der Waals surface area contributed by atoms with Gasteiger partial charge in [-0.15, -0.1) is 0 Å². The highest BCUT2D eigenvalue weighted by Gasteiger charge is 2.25. The number of aromatic amines is 1. The zero-order chi connectivity index (χ0) is 8.48. The highest BCUT2D eigenvalue weighted by Crippen LogP contribution is 2.22. The number of hydrogen-bond acceptors (Lipinski definition) is 1. The summed E-state index contributed by atoms with van der Waals surface area (Å²) in [5.41, 5.74) is 0.699. The third-order valence-electron chi connectivity index (χ3n) is 2.20. The van der Waals surface area contributed by atoms with Gasteiger partial charge in [0.1, 0.15) is 5.78 Å². The van der Waals surface area contributed by atoms with Crippen molar-refractivity contribution in [2.75, 3.05) is 0 Å². The monoisotopic (exact) mass is 151 g/mol. The SMILES string of the molecule is CC(=O)C(C)(C)c1cc[nH]c1. The molecule has 0 aromatic carbocycles. The molecule has 0 radical (unpaired) electrons. The second-order valence-electron chi connectivity index (χ2n) is 3.28. The standard InChI is InChI=1S/C9H13NO/c1-7(11)9(2,3)8-4-5-10-6-8/h4-6,10H,1-3H3. The van der Waals surface area contributed by atoms with Crippen LogP contribution >= 0.6 is 0 Å². The molecule has 0 saturated heterocycles. The Morgan fingerprint density at radius 1 is 1.55 bits per heavy atom. The van der Waals surface area contributed by atoms with Gasteiger partial charge >= 0.3 is 0 Å². The number of ketones is 1. The van der Waals surface area contributed by atoms with Crippen LogP contribution in [0.4, 0.5) is 0 Å². The van der Waals surface area contributed by atoms with E-state index in [9.17, 15) is 4.79 Å². The first-order chi connectivity index (χ1) is 5.05. The van der Waals surface area contributed by atoms with Gasteiger partial charge in [0, 0.05) is 17.8 Å². The first-order valence-electron chi connectivity index (χ1n) is 3.69. The summed E-state index contributed by atoms with van der Waals surface area (Å²) in [6.07, 6.45) is 3.70. The van der Waals surface area contributed by atoms with Crippen LogP contribution in [0.5, 0.6) is 0 Å². The van der Waals surface area contributed by atoms with E-state index in [0.717, 1.165) is 5.56 Å². The Kier molecular flexibility index (Phi) is 1.85. The molecule has 0 bridgehead atoms. The van der Waals surface area contributed by atoms with Crippen molar-refractivity contribution >= 4 is 5.78 Å². The van der Waals surface area contributed by atoms with Crippen molar-refractivity contribution in [3.05, 3.63) is 24.0 Å². The van der Waals surface area contributed by atoms with Crippen LogP contribution in [0.3, 0.4) is 0 Å². The molecule has 0 aliphatic heterocycles. The Balaban J connectivity index is 3.00. The van der Waals surface area contributed by atoms with Gasteiger partial charge in [-0.3, -0.25) is 4.79 Å². The summed E-state index contributed by atoms with van der Waals surface area (Å²) >= 11 is 0. The smallest absolute Gasteiger partial charge is 0.139 e. The molecule has 0 aliphatic carbocycles. The number of aromatic nitrogens is 1. The molecule has 2 nitrogen and oxygen atoms in total. The van der Waals surface area contributed by atoms with Crippen molar-refractivity contribution in [3.8, 4) is 0 Å². The number of hydrogen-bond donors (Lipinski definition) is 1. The van der Waals surface area contributed by atoms with Crippen LogP contribution in [0.15, 0.2) is 18.5 Å². The fourth-order valence-electron chi connectivity index (χ4n) is 0.916. The predicted molar refractivity (Wildman–Crippen MR) is 44.5 cm³/mol. The molecule has 2 heteroatoms. The largest absolute Gasteiger partial charge is 0.367 e. The maximum absolute atomic E-state index is 11.2. The molecule has 0 atom stereocenters. The van der Waals surface area contributed by atoms with Crippen LogP contribution in [0, 0.1) is 0 Å². The highest BCUT2D eigenvalue weighted by molar-refractivity contribution is 5.86. The van der Waals surface area contributed by atoms with Gasteiger partial charge in [0.15, 0.2) is 0 Å². The van der Waals surface area contributed by atoms with Gasteiger partial charge < -0.3 is 4.98 Å². The van der Waals surface area contributed by atoms with Gasteiger partial charge in [0.2, 0.25) is 0 Å². The number of Topliss-reactive ketones (excluding diaryl/α,β-unsaturated/α-hetero) is 1. The van der Waals surface area contributed by atoms with E-state index in [1.54, 1.807) is 6.92 Å². The molecule has 0 aliphatic rings. The summed E-state index contributed by atoms with van der Waals surface area (Å²) in [6.45, 7) is 5.48. The number of nitrogens with one attached hydrogen (secondary N) is 1. The molecular formula is C9H13NO. The Hall–Kier alpha value is -1.05. The minimum atomic E-state index is -0.347. The van der Waals surface area contributed by atoms with Crippen molar-refractivity contribution in [3.63, 3.8) is 0 Å². The van der Waals surface area contributed by atoms with E-state index in [-0.39, 0.29) is 11.2 Å². The van der Waals surface area contributed by atoms with E-state index >= 15 is 0 Å². The minimum Gasteiger partial charge on any atom is -0.367 e. The Bertz CT molecular complexity index is 247. The molecule has 60 valence electrons. The van der Waals surface area contributed by atoms with Crippen LogP contribution in [0.25, 0.3) is 0 Å². The molecule has 0 amide bonds. The van der Waals surface area contributed by atoms with E-state index in [4.69, 9.17) is 0 Å². The Morgan fingerprint density at radius 2 is 2.18 bits per heavy atom. The molecule has 1 N–H and O–H groups in total. The fraction of sp³-hybridized carbons (Fsp3) is 0.444. The maximum atomic E-state index is 11.2. The lowest BCUT2D eigenvalue weighted by molar-refractivity contribution is -0.121. The van der Waals surface area contributed by atoms with E-state index in [1.807, 2.05) is 32.3 Å². The lowest BCUT2D eigenvalue weighted by Crippen LogP contribution is -2.25. The molecular weight excluding hydrogens is 138 g/mol. The molecule has 1 aromatic rings. The maximum Gasteiger partial charge on any atom is 0.139 e. The van der Waals surface area contributed by atoms with E-state index in [2.05, 4.69) is 4.98 Å². The molecule has 1 rings (SSSR count). The summed E-state index contributed by atoms with van der Waals surface area (Å²) in [7, 11) is 0. The van der Waals surface area contributed by atoms with Crippen molar-refractivity contribution in [2.45, 2.75) is 26.2 Å². The average Bonchev–Trinajstić information content (AvgIpc) is 2.37. The van der Waals surface area contributed by atoms with Crippen molar-refractivity contribution in [1.29, 1.82) is 0 Å². The van der Waals surface area contributed by atoms with Gasteiger partial charge in [-0.05, 0) is 32.4 Å². The summed E-state index contributed by atoms with van der Waals surface area (Å²) in [5, 5.41) is 0. The average molecular weight is 151 g/mol. The summed E-state index contributed by atoms with van der Waals surface area (Å²) in [4.78, 5) is 14.1.